The monoisotopic (exact) mass is 366 g/mol. The average molecular weight is 366 g/mol. The van der Waals surface area contributed by atoms with E-state index in [9.17, 15) is 8.78 Å². The fourth-order valence-electron chi connectivity index (χ4n) is 0.525. The largest absolute Gasteiger partial charge is 0.206 e. The van der Waals surface area contributed by atoms with E-state index in [0.717, 1.165) is 0 Å². The SMILES string of the molecule is Fc1cc(I)cc(F)c1I. The van der Waals surface area contributed by atoms with Gasteiger partial charge >= 0.3 is 0 Å². The molecule has 0 atom stereocenters. The molecular formula is C6H2F2I2. The summed E-state index contributed by atoms with van der Waals surface area (Å²) in [5, 5.41) is 0. The molecule has 0 aliphatic rings. The zero-order valence-electron chi connectivity index (χ0n) is 4.67. The summed E-state index contributed by atoms with van der Waals surface area (Å²) in [6.45, 7) is 0. The van der Waals surface area contributed by atoms with E-state index in [1.807, 2.05) is 22.6 Å². The van der Waals surface area contributed by atoms with Crippen molar-refractivity contribution in [3.8, 4) is 0 Å². The molecule has 0 amide bonds. The lowest BCUT2D eigenvalue weighted by Crippen LogP contribution is -1.88. The molecule has 0 N–H and O–H groups in total. The third-order valence-corrected chi connectivity index (χ3v) is 2.60. The molecule has 0 aliphatic heterocycles. The van der Waals surface area contributed by atoms with Gasteiger partial charge in [0.15, 0.2) is 0 Å². The maximum absolute atomic E-state index is 12.6. The molecule has 0 saturated heterocycles. The normalized spacial score (nSPS) is 10.0. The molecule has 0 bridgehead atoms. The van der Waals surface area contributed by atoms with Gasteiger partial charge in [0.25, 0.3) is 0 Å². The van der Waals surface area contributed by atoms with E-state index in [1.165, 1.54) is 12.1 Å². The molecule has 54 valence electrons. The minimum absolute atomic E-state index is 0.0537. The van der Waals surface area contributed by atoms with Crippen molar-refractivity contribution in [2.45, 2.75) is 0 Å². The molecular weight excluding hydrogens is 364 g/mol. The molecule has 4 heteroatoms. The minimum Gasteiger partial charge on any atom is -0.206 e. The summed E-state index contributed by atoms with van der Waals surface area (Å²) in [5.41, 5.74) is 0. The Balaban J connectivity index is 3.31. The van der Waals surface area contributed by atoms with Crippen LogP contribution in [0.5, 0.6) is 0 Å². The van der Waals surface area contributed by atoms with Crippen LogP contribution in [0.3, 0.4) is 0 Å². The second-order valence-corrected chi connectivity index (χ2v) is 4.01. The van der Waals surface area contributed by atoms with Crippen molar-refractivity contribution in [1.29, 1.82) is 0 Å². The van der Waals surface area contributed by atoms with Crippen molar-refractivity contribution < 1.29 is 8.78 Å². The van der Waals surface area contributed by atoms with Gasteiger partial charge in [0.05, 0.1) is 3.57 Å². The molecule has 1 rings (SSSR count). The standard InChI is InChI=1S/C6H2F2I2/c7-4-1-3(9)2-5(8)6(4)10/h1-2H. The summed E-state index contributed by atoms with van der Waals surface area (Å²) >= 11 is 3.50. The highest BCUT2D eigenvalue weighted by molar-refractivity contribution is 14.1. The number of halogens is 4. The predicted octanol–water partition coefficient (Wildman–Crippen LogP) is 3.17. The van der Waals surface area contributed by atoms with Gasteiger partial charge in [-0.25, -0.2) is 8.78 Å². The molecule has 10 heavy (non-hydrogen) atoms. The van der Waals surface area contributed by atoms with E-state index >= 15 is 0 Å². The van der Waals surface area contributed by atoms with Gasteiger partial charge in [-0.05, 0) is 57.3 Å². The summed E-state index contributed by atoms with van der Waals surface area (Å²) in [6, 6.07) is 2.59. The zero-order chi connectivity index (χ0) is 7.72. The lowest BCUT2D eigenvalue weighted by atomic mass is 10.3. The van der Waals surface area contributed by atoms with Crippen LogP contribution in [-0.2, 0) is 0 Å². The summed E-state index contributed by atoms with van der Waals surface area (Å²) in [5.74, 6) is -0.991. The molecule has 0 saturated carbocycles. The van der Waals surface area contributed by atoms with Crippen LogP contribution < -0.4 is 0 Å². The van der Waals surface area contributed by atoms with Crippen LogP contribution in [0.15, 0.2) is 12.1 Å². The minimum atomic E-state index is -0.495. The highest BCUT2D eigenvalue weighted by Gasteiger charge is 2.05. The van der Waals surface area contributed by atoms with E-state index in [0.29, 0.717) is 3.57 Å². The summed E-state index contributed by atoms with van der Waals surface area (Å²) in [4.78, 5) is 0. The van der Waals surface area contributed by atoms with Gasteiger partial charge in [-0.15, -0.1) is 0 Å². The van der Waals surface area contributed by atoms with Crippen LogP contribution in [0.2, 0.25) is 0 Å². The van der Waals surface area contributed by atoms with Crippen molar-refractivity contribution in [1.82, 2.24) is 0 Å². The lowest BCUT2D eigenvalue weighted by molar-refractivity contribution is 0.569. The maximum atomic E-state index is 12.6. The van der Waals surface area contributed by atoms with E-state index in [4.69, 9.17) is 0 Å². The quantitative estimate of drug-likeness (QED) is 0.376. The van der Waals surface area contributed by atoms with Gasteiger partial charge in [0.2, 0.25) is 0 Å². The van der Waals surface area contributed by atoms with Crippen LogP contribution in [0.4, 0.5) is 8.78 Å². The second-order valence-electron chi connectivity index (χ2n) is 1.68. The Morgan fingerprint density at radius 2 is 1.40 bits per heavy atom. The van der Waals surface area contributed by atoms with Gasteiger partial charge < -0.3 is 0 Å². The number of hydrogen-bond donors (Lipinski definition) is 0. The molecule has 0 aliphatic carbocycles. The number of benzene rings is 1. The van der Waals surface area contributed by atoms with Gasteiger partial charge in [0.1, 0.15) is 11.6 Å². The van der Waals surface area contributed by atoms with Gasteiger partial charge in [-0.1, -0.05) is 0 Å². The van der Waals surface area contributed by atoms with E-state index in [1.54, 1.807) is 22.6 Å². The summed E-state index contributed by atoms with van der Waals surface area (Å²) in [7, 11) is 0. The van der Waals surface area contributed by atoms with Gasteiger partial charge in [-0.3, -0.25) is 0 Å². The Bertz CT molecular complexity index is 237. The van der Waals surface area contributed by atoms with Crippen molar-refractivity contribution in [3.63, 3.8) is 0 Å². The Morgan fingerprint density at radius 3 is 1.80 bits per heavy atom. The molecule has 0 fully saturated rings. The molecule has 0 radical (unpaired) electrons. The highest BCUT2D eigenvalue weighted by Crippen LogP contribution is 2.17. The van der Waals surface area contributed by atoms with E-state index < -0.39 is 11.6 Å². The molecule has 0 spiro atoms. The second kappa shape index (κ2) is 3.29. The topological polar surface area (TPSA) is 0 Å². The fraction of sp³-hybridized carbons (Fsp3) is 0. The smallest absolute Gasteiger partial charge is 0.140 e. The molecule has 1 aromatic carbocycles. The molecule has 0 unspecified atom stereocenters. The van der Waals surface area contributed by atoms with Crippen LogP contribution in [0.25, 0.3) is 0 Å². The van der Waals surface area contributed by atoms with Crippen molar-refractivity contribution in [2.24, 2.45) is 0 Å². The third kappa shape index (κ3) is 1.77. The van der Waals surface area contributed by atoms with Crippen LogP contribution in [0.1, 0.15) is 0 Å². The number of rotatable bonds is 0. The Hall–Kier alpha value is 0.540. The first-order valence-electron chi connectivity index (χ1n) is 2.41. The van der Waals surface area contributed by atoms with Crippen molar-refractivity contribution >= 4 is 45.2 Å². The fourth-order valence-corrected chi connectivity index (χ4v) is 1.38. The first-order chi connectivity index (χ1) is 4.61. The number of hydrogen-bond acceptors (Lipinski definition) is 0. The highest BCUT2D eigenvalue weighted by atomic mass is 127. The first-order valence-corrected chi connectivity index (χ1v) is 4.57. The maximum Gasteiger partial charge on any atom is 0.140 e. The van der Waals surface area contributed by atoms with Gasteiger partial charge in [-0.2, -0.15) is 0 Å². The van der Waals surface area contributed by atoms with Crippen LogP contribution in [-0.4, -0.2) is 0 Å². The predicted molar refractivity (Wildman–Crippen MR) is 51.8 cm³/mol. The molecule has 0 nitrogen and oxygen atoms in total. The van der Waals surface area contributed by atoms with Crippen molar-refractivity contribution in [2.75, 3.05) is 0 Å². The Labute approximate surface area is 84.3 Å². The Kier molecular flexibility index (Phi) is 2.84. The zero-order valence-corrected chi connectivity index (χ0v) is 8.98. The molecule has 1 aromatic rings. The van der Waals surface area contributed by atoms with Crippen LogP contribution >= 0.6 is 45.2 Å². The van der Waals surface area contributed by atoms with E-state index in [2.05, 4.69) is 0 Å². The average Bonchev–Trinajstić information content (AvgIpc) is 1.82. The summed E-state index contributed by atoms with van der Waals surface area (Å²) < 4.78 is 25.8. The third-order valence-electron chi connectivity index (χ3n) is 0.949. The van der Waals surface area contributed by atoms with E-state index in [-0.39, 0.29) is 3.57 Å². The molecule has 0 heterocycles. The molecule has 0 aromatic heterocycles. The lowest BCUT2D eigenvalue weighted by Gasteiger charge is -1.96. The summed E-state index contributed by atoms with van der Waals surface area (Å²) in [6.07, 6.45) is 0. The van der Waals surface area contributed by atoms with Crippen molar-refractivity contribution in [3.05, 3.63) is 30.9 Å². The van der Waals surface area contributed by atoms with Crippen LogP contribution in [0, 0.1) is 18.8 Å². The first kappa shape index (κ1) is 8.63. The van der Waals surface area contributed by atoms with Gasteiger partial charge in [0, 0.05) is 3.57 Å². The Morgan fingerprint density at radius 1 is 1.00 bits per heavy atom.